The second kappa shape index (κ2) is 12.2. The molecule has 12 heteroatoms. The molecule has 0 aliphatic heterocycles. The Hall–Kier alpha value is -3.02. The summed E-state index contributed by atoms with van der Waals surface area (Å²) in [7, 11) is -3.20. The number of rotatable bonds is 10. The fourth-order valence-corrected chi connectivity index (χ4v) is 5.41. The minimum Gasteiger partial charge on any atom is -0.490 e. The Bertz CT molecular complexity index is 1470. The van der Waals surface area contributed by atoms with Crippen molar-refractivity contribution in [2.24, 2.45) is 11.8 Å². The van der Waals surface area contributed by atoms with Crippen LogP contribution in [-0.4, -0.2) is 43.7 Å². The number of fused-ring (bicyclic) bond motifs is 1. The molecule has 204 valence electrons. The van der Waals surface area contributed by atoms with Gasteiger partial charge in [0.05, 0.1) is 18.4 Å². The number of aromatic nitrogens is 2. The molecule has 0 spiro atoms. The summed E-state index contributed by atoms with van der Waals surface area (Å²) in [6.45, 7) is 0.850. The predicted molar refractivity (Wildman–Crippen MR) is 143 cm³/mol. The number of ether oxygens (including phenoxy) is 1. The summed E-state index contributed by atoms with van der Waals surface area (Å²) in [5, 5.41) is 3.17. The van der Waals surface area contributed by atoms with Gasteiger partial charge < -0.3 is 15.0 Å². The lowest BCUT2D eigenvalue weighted by molar-refractivity contribution is 0.0940. The quantitative estimate of drug-likeness (QED) is 0.344. The van der Waals surface area contributed by atoms with Gasteiger partial charge in [0.2, 0.25) is 10.0 Å². The van der Waals surface area contributed by atoms with E-state index < -0.39 is 27.3 Å². The highest BCUT2D eigenvalue weighted by molar-refractivity contribution is 7.88. The van der Waals surface area contributed by atoms with E-state index in [1.54, 1.807) is 24.3 Å². The van der Waals surface area contributed by atoms with Crippen molar-refractivity contribution in [3.8, 4) is 5.75 Å². The SMILES string of the molecule is CS(=O)(=O)NCC1CCC(CCOc2c(F)ccc3nc(C(=O)NCc4cccc(Cl)c4)[nH]c(=O)c23)CC1. The molecule has 4 rings (SSSR count). The standard InChI is InChI=1S/C26H30ClFN4O5S/c1-38(35,36)30-15-17-7-5-16(6-8-17)11-12-37-23-20(28)9-10-21-22(23)25(33)32-24(31-21)26(34)29-14-18-3-2-4-19(27)13-18/h2-4,9-10,13,16-17,30H,5-8,11-12,14-15H2,1H3,(H,29,34)(H,31,32,33). The molecule has 38 heavy (non-hydrogen) atoms. The van der Waals surface area contributed by atoms with Gasteiger partial charge in [-0.15, -0.1) is 0 Å². The maximum Gasteiger partial charge on any atom is 0.287 e. The first-order valence-corrected chi connectivity index (χ1v) is 14.7. The summed E-state index contributed by atoms with van der Waals surface area (Å²) in [5.41, 5.74) is 0.263. The van der Waals surface area contributed by atoms with Crippen LogP contribution in [-0.2, 0) is 16.6 Å². The van der Waals surface area contributed by atoms with Gasteiger partial charge in [0.15, 0.2) is 17.4 Å². The van der Waals surface area contributed by atoms with Crippen molar-refractivity contribution >= 4 is 38.4 Å². The average molecular weight is 565 g/mol. The minimum absolute atomic E-state index is 0.0491. The Morgan fingerprint density at radius 2 is 1.92 bits per heavy atom. The maximum absolute atomic E-state index is 14.6. The Morgan fingerprint density at radius 3 is 2.63 bits per heavy atom. The first-order valence-electron chi connectivity index (χ1n) is 12.4. The largest absolute Gasteiger partial charge is 0.490 e. The number of hydrogen-bond donors (Lipinski definition) is 3. The van der Waals surface area contributed by atoms with E-state index >= 15 is 0 Å². The van der Waals surface area contributed by atoms with E-state index in [2.05, 4.69) is 20.0 Å². The molecule has 1 amide bonds. The molecular formula is C26H30ClFN4O5S. The number of H-pyrrole nitrogens is 1. The number of sulfonamides is 1. The zero-order chi connectivity index (χ0) is 27.3. The van der Waals surface area contributed by atoms with Crippen molar-refractivity contribution in [3.63, 3.8) is 0 Å². The number of benzene rings is 2. The van der Waals surface area contributed by atoms with Gasteiger partial charge in [-0.1, -0.05) is 36.6 Å². The van der Waals surface area contributed by atoms with Crippen molar-refractivity contribution in [1.82, 2.24) is 20.0 Å². The van der Waals surface area contributed by atoms with Gasteiger partial charge in [0.25, 0.3) is 11.5 Å². The van der Waals surface area contributed by atoms with Crippen LogP contribution in [0.15, 0.2) is 41.2 Å². The number of halogens is 2. The molecule has 1 saturated carbocycles. The Labute approximate surface area is 225 Å². The van der Waals surface area contributed by atoms with Crippen LogP contribution in [0, 0.1) is 17.7 Å². The maximum atomic E-state index is 14.6. The molecule has 9 nitrogen and oxygen atoms in total. The first kappa shape index (κ1) is 28.0. The molecule has 1 heterocycles. The van der Waals surface area contributed by atoms with Crippen LogP contribution in [0.4, 0.5) is 4.39 Å². The number of nitrogens with one attached hydrogen (secondary N) is 3. The molecular weight excluding hydrogens is 535 g/mol. The summed E-state index contributed by atoms with van der Waals surface area (Å²) >= 11 is 5.97. The van der Waals surface area contributed by atoms with E-state index in [1.807, 2.05) is 0 Å². The first-order chi connectivity index (χ1) is 18.1. The van der Waals surface area contributed by atoms with Crippen molar-refractivity contribution in [2.75, 3.05) is 19.4 Å². The lowest BCUT2D eigenvalue weighted by atomic mass is 9.81. The fourth-order valence-electron chi connectivity index (χ4n) is 4.66. The lowest BCUT2D eigenvalue weighted by Gasteiger charge is -2.28. The molecule has 3 N–H and O–H groups in total. The highest BCUT2D eigenvalue weighted by atomic mass is 35.5. The number of hydrogen-bond acceptors (Lipinski definition) is 6. The normalized spacial score (nSPS) is 17.9. The molecule has 0 atom stereocenters. The van der Waals surface area contributed by atoms with Gasteiger partial charge in [-0.3, -0.25) is 9.59 Å². The summed E-state index contributed by atoms with van der Waals surface area (Å²) in [6, 6.07) is 9.51. The van der Waals surface area contributed by atoms with Crippen molar-refractivity contribution < 1.29 is 22.3 Å². The number of amides is 1. The van der Waals surface area contributed by atoms with Crippen LogP contribution in [0.3, 0.4) is 0 Å². The van der Waals surface area contributed by atoms with Crippen LogP contribution in [0.5, 0.6) is 5.75 Å². The van der Waals surface area contributed by atoms with Gasteiger partial charge in [-0.25, -0.2) is 22.5 Å². The second-order valence-corrected chi connectivity index (χ2v) is 11.9. The number of carbonyl (C=O) groups is 1. The predicted octanol–water partition coefficient (Wildman–Crippen LogP) is 3.77. The van der Waals surface area contributed by atoms with Crippen LogP contribution in [0.1, 0.15) is 48.3 Å². The third-order valence-corrected chi connectivity index (χ3v) is 7.64. The summed E-state index contributed by atoms with van der Waals surface area (Å²) in [5.74, 6) is -0.971. The van der Waals surface area contributed by atoms with E-state index in [1.165, 1.54) is 6.07 Å². The van der Waals surface area contributed by atoms with Crippen molar-refractivity contribution in [1.29, 1.82) is 0 Å². The van der Waals surface area contributed by atoms with Gasteiger partial charge in [-0.2, -0.15) is 0 Å². The summed E-state index contributed by atoms with van der Waals surface area (Å²) < 4.78 is 45.5. The highest BCUT2D eigenvalue weighted by Gasteiger charge is 2.23. The Kier molecular flexibility index (Phi) is 9.01. The number of carbonyl (C=O) groups excluding carboxylic acids is 1. The molecule has 1 aliphatic rings. The molecule has 0 radical (unpaired) electrons. The Morgan fingerprint density at radius 1 is 1.18 bits per heavy atom. The minimum atomic E-state index is -3.20. The molecule has 0 saturated heterocycles. The molecule has 3 aromatic rings. The van der Waals surface area contributed by atoms with E-state index in [0.29, 0.717) is 29.8 Å². The van der Waals surface area contributed by atoms with E-state index in [4.69, 9.17) is 16.3 Å². The molecule has 1 aromatic heterocycles. The summed E-state index contributed by atoms with van der Waals surface area (Å²) in [4.78, 5) is 32.1. The number of aromatic amines is 1. The zero-order valence-electron chi connectivity index (χ0n) is 20.9. The second-order valence-electron chi connectivity index (χ2n) is 9.64. The third kappa shape index (κ3) is 7.52. The zero-order valence-corrected chi connectivity index (χ0v) is 22.5. The molecule has 1 fully saturated rings. The molecule has 1 aliphatic carbocycles. The topological polar surface area (TPSA) is 130 Å². The lowest BCUT2D eigenvalue weighted by Crippen LogP contribution is -2.30. The van der Waals surface area contributed by atoms with Gasteiger partial charge in [0.1, 0.15) is 5.39 Å². The van der Waals surface area contributed by atoms with Gasteiger partial charge in [0, 0.05) is 18.1 Å². The van der Waals surface area contributed by atoms with E-state index in [9.17, 15) is 22.4 Å². The van der Waals surface area contributed by atoms with Crippen LogP contribution in [0.25, 0.3) is 10.9 Å². The smallest absolute Gasteiger partial charge is 0.287 e. The monoisotopic (exact) mass is 564 g/mol. The number of nitrogens with zero attached hydrogens (tertiary/aromatic N) is 1. The molecule has 0 bridgehead atoms. The van der Waals surface area contributed by atoms with E-state index in [0.717, 1.165) is 43.6 Å². The van der Waals surface area contributed by atoms with Crippen LogP contribution < -0.4 is 20.3 Å². The van der Waals surface area contributed by atoms with Crippen molar-refractivity contribution in [3.05, 3.63) is 69.0 Å². The van der Waals surface area contributed by atoms with Crippen molar-refractivity contribution in [2.45, 2.75) is 38.6 Å². The van der Waals surface area contributed by atoms with Crippen LogP contribution in [0.2, 0.25) is 5.02 Å². The average Bonchev–Trinajstić information content (AvgIpc) is 2.87. The molecule has 0 unspecified atom stereocenters. The van der Waals surface area contributed by atoms with Gasteiger partial charge >= 0.3 is 0 Å². The van der Waals surface area contributed by atoms with Gasteiger partial charge in [-0.05, 0) is 60.9 Å². The Balaban J connectivity index is 1.37. The third-order valence-electron chi connectivity index (χ3n) is 6.71. The highest BCUT2D eigenvalue weighted by Crippen LogP contribution is 2.31. The fraction of sp³-hybridized carbons (Fsp3) is 0.423. The summed E-state index contributed by atoms with van der Waals surface area (Å²) in [6.07, 6.45) is 5.49. The molecule has 2 aromatic carbocycles. The van der Waals surface area contributed by atoms with Crippen LogP contribution >= 0.6 is 11.6 Å². The van der Waals surface area contributed by atoms with E-state index in [-0.39, 0.29) is 35.6 Å².